The summed E-state index contributed by atoms with van der Waals surface area (Å²) in [6.07, 6.45) is 17.5. The van der Waals surface area contributed by atoms with Gasteiger partial charge in [-0.25, -0.2) is 0 Å². The summed E-state index contributed by atoms with van der Waals surface area (Å²) >= 11 is 0. The van der Waals surface area contributed by atoms with E-state index in [-0.39, 0.29) is 0 Å². The minimum absolute atomic E-state index is 0.425. The second-order valence-electron chi connectivity index (χ2n) is 7.46. The first-order valence-corrected chi connectivity index (χ1v) is 11.4. The van der Waals surface area contributed by atoms with Crippen LogP contribution in [-0.2, 0) is 4.79 Å². The van der Waals surface area contributed by atoms with E-state index >= 15 is 0 Å². The molecule has 0 aliphatic rings. The van der Waals surface area contributed by atoms with Crippen LogP contribution in [0.4, 0.5) is 0 Å². The van der Waals surface area contributed by atoms with E-state index in [2.05, 4.69) is 19.2 Å². The standard InChI is InChI=1S/C21H43NO.C2H6/c1-4-21(23)17-13-9-5-6-10-14-18-22-19-15-11-7-8-12-16-20(2)3;1-2/h20,22H,4-19H2,1-3H3;1-2H3. The fraction of sp³-hybridized carbons (Fsp3) is 0.957. The van der Waals surface area contributed by atoms with Crippen LogP contribution in [0.3, 0.4) is 0 Å². The third kappa shape index (κ3) is 26.0. The molecule has 0 saturated heterocycles. The summed E-state index contributed by atoms with van der Waals surface area (Å²) in [5, 5.41) is 3.57. The van der Waals surface area contributed by atoms with Gasteiger partial charge in [0.05, 0.1) is 0 Å². The van der Waals surface area contributed by atoms with Gasteiger partial charge in [-0.1, -0.05) is 92.4 Å². The van der Waals surface area contributed by atoms with E-state index < -0.39 is 0 Å². The fourth-order valence-electron chi connectivity index (χ4n) is 2.91. The quantitative estimate of drug-likeness (QED) is 0.261. The predicted octanol–water partition coefficient (Wildman–Crippen LogP) is 7.31. The molecule has 0 saturated carbocycles. The van der Waals surface area contributed by atoms with Gasteiger partial charge in [-0.2, -0.15) is 0 Å². The zero-order valence-electron chi connectivity index (χ0n) is 18.3. The van der Waals surface area contributed by atoms with Gasteiger partial charge in [0, 0.05) is 12.8 Å². The molecule has 0 atom stereocenters. The molecule has 0 aromatic heterocycles. The first-order chi connectivity index (χ1) is 12.2. The van der Waals surface area contributed by atoms with Gasteiger partial charge >= 0.3 is 0 Å². The van der Waals surface area contributed by atoms with Gasteiger partial charge in [0.1, 0.15) is 5.78 Å². The zero-order valence-corrected chi connectivity index (χ0v) is 18.3. The normalized spacial score (nSPS) is 10.6. The van der Waals surface area contributed by atoms with E-state index in [1.165, 1.54) is 83.7 Å². The summed E-state index contributed by atoms with van der Waals surface area (Å²) < 4.78 is 0. The molecule has 25 heavy (non-hydrogen) atoms. The second-order valence-corrected chi connectivity index (χ2v) is 7.46. The average Bonchev–Trinajstić information content (AvgIpc) is 2.62. The summed E-state index contributed by atoms with van der Waals surface area (Å²) in [6, 6.07) is 0. The van der Waals surface area contributed by atoms with Crippen molar-refractivity contribution in [2.45, 2.75) is 125 Å². The molecule has 0 rings (SSSR count). The predicted molar refractivity (Wildman–Crippen MR) is 114 cm³/mol. The lowest BCUT2D eigenvalue weighted by Crippen LogP contribution is -2.16. The van der Waals surface area contributed by atoms with E-state index in [1.54, 1.807) is 0 Å². The lowest BCUT2D eigenvalue weighted by Gasteiger charge is -2.06. The smallest absolute Gasteiger partial charge is 0.132 e. The second kappa shape index (κ2) is 23.6. The molecule has 0 bridgehead atoms. The van der Waals surface area contributed by atoms with Crippen molar-refractivity contribution in [2.75, 3.05) is 13.1 Å². The zero-order chi connectivity index (χ0) is 19.2. The molecule has 0 radical (unpaired) electrons. The van der Waals surface area contributed by atoms with Crippen molar-refractivity contribution in [3.8, 4) is 0 Å². The number of rotatable bonds is 18. The Balaban J connectivity index is 0. The molecule has 0 heterocycles. The van der Waals surface area contributed by atoms with Crippen molar-refractivity contribution < 1.29 is 4.79 Å². The third-order valence-electron chi connectivity index (χ3n) is 4.59. The van der Waals surface area contributed by atoms with Crippen molar-refractivity contribution in [3.05, 3.63) is 0 Å². The molecule has 0 unspecified atom stereocenters. The van der Waals surface area contributed by atoms with Crippen LogP contribution in [0.2, 0.25) is 0 Å². The van der Waals surface area contributed by atoms with Crippen molar-refractivity contribution in [1.29, 1.82) is 0 Å². The third-order valence-corrected chi connectivity index (χ3v) is 4.59. The number of ketones is 1. The Bertz CT molecular complexity index is 250. The Morgan fingerprint density at radius 2 is 1.16 bits per heavy atom. The SMILES string of the molecule is CC.CCC(=O)CCCCCCCCNCCCCCCCC(C)C. The molecule has 0 spiro atoms. The molecule has 0 aliphatic carbocycles. The highest BCUT2D eigenvalue weighted by atomic mass is 16.1. The van der Waals surface area contributed by atoms with Crippen molar-refractivity contribution in [1.82, 2.24) is 5.32 Å². The van der Waals surface area contributed by atoms with Gasteiger partial charge in [0.15, 0.2) is 0 Å². The van der Waals surface area contributed by atoms with Gasteiger partial charge in [0.2, 0.25) is 0 Å². The lowest BCUT2D eigenvalue weighted by molar-refractivity contribution is -0.118. The topological polar surface area (TPSA) is 29.1 Å². The Morgan fingerprint density at radius 1 is 0.720 bits per heavy atom. The lowest BCUT2D eigenvalue weighted by atomic mass is 10.0. The molecule has 1 N–H and O–H groups in total. The van der Waals surface area contributed by atoms with E-state index in [0.29, 0.717) is 12.2 Å². The number of carbonyl (C=O) groups excluding carboxylic acids is 1. The van der Waals surface area contributed by atoms with E-state index in [9.17, 15) is 4.79 Å². The van der Waals surface area contributed by atoms with Crippen LogP contribution >= 0.6 is 0 Å². The van der Waals surface area contributed by atoms with Crippen LogP contribution in [0.15, 0.2) is 0 Å². The van der Waals surface area contributed by atoms with Crippen LogP contribution in [0.25, 0.3) is 0 Å². The summed E-state index contributed by atoms with van der Waals surface area (Å²) in [6.45, 7) is 13.0. The Kier molecular flexibility index (Phi) is 25.4. The number of hydrogen-bond acceptors (Lipinski definition) is 2. The first kappa shape index (κ1) is 26.9. The molecule has 152 valence electrons. The first-order valence-electron chi connectivity index (χ1n) is 11.4. The summed E-state index contributed by atoms with van der Waals surface area (Å²) in [7, 11) is 0. The Labute approximate surface area is 159 Å². The largest absolute Gasteiger partial charge is 0.317 e. The maximum Gasteiger partial charge on any atom is 0.132 e. The van der Waals surface area contributed by atoms with E-state index in [1.807, 2.05) is 20.8 Å². The highest BCUT2D eigenvalue weighted by molar-refractivity contribution is 5.77. The van der Waals surface area contributed by atoms with Crippen LogP contribution in [0.1, 0.15) is 125 Å². The average molecular weight is 356 g/mol. The van der Waals surface area contributed by atoms with Crippen molar-refractivity contribution in [3.63, 3.8) is 0 Å². The van der Waals surface area contributed by atoms with Gasteiger partial charge < -0.3 is 5.32 Å². The highest BCUT2D eigenvalue weighted by Crippen LogP contribution is 2.10. The molecular formula is C23H49NO. The summed E-state index contributed by atoms with van der Waals surface area (Å²) in [4.78, 5) is 11.2. The molecule has 0 aromatic rings. The van der Waals surface area contributed by atoms with Crippen LogP contribution in [-0.4, -0.2) is 18.9 Å². The molecule has 0 amide bonds. The van der Waals surface area contributed by atoms with E-state index in [4.69, 9.17) is 0 Å². The van der Waals surface area contributed by atoms with Gasteiger partial charge in [-0.15, -0.1) is 0 Å². The molecule has 2 nitrogen and oxygen atoms in total. The summed E-state index contributed by atoms with van der Waals surface area (Å²) in [5.41, 5.74) is 0. The van der Waals surface area contributed by atoms with E-state index in [0.717, 1.165) is 18.8 Å². The highest BCUT2D eigenvalue weighted by Gasteiger charge is 1.98. The van der Waals surface area contributed by atoms with Crippen LogP contribution < -0.4 is 5.32 Å². The molecule has 0 aromatic carbocycles. The summed E-state index contributed by atoms with van der Waals surface area (Å²) in [5.74, 6) is 1.30. The van der Waals surface area contributed by atoms with Crippen LogP contribution in [0, 0.1) is 5.92 Å². The molecule has 0 fully saturated rings. The molecular weight excluding hydrogens is 306 g/mol. The van der Waals surface area contributed by atoms with Gasteiger partial charge in [-0.3, -0.25) is 4.79 Å². The number of unbranched alkanes of at least 4 members (excludes halogenated alkanes) is 9. The number of nitrogens with one attached hydrogen (secondary N) is 1. The minimum Gasteiger partial charge on any atom is -0.317 e. The molecule has 0 aliphatic heterocycles. The fourth-order valence-corrected chi connectivity index (χ4v) is 2.91. The van der Waals surface area contributed by atoms with Gasteiger partial charge in [0.25, 0.3) is 0 Å². The number of hydrogen-bond donors (Lipinski definition) is 1. The maximum atomic E-state index is 11.2. The van der Waals surface area contributed by atoms with Gasteiger partial charge in [-0.05, 0) is 38.3 Å². The maximum absolute atomic E-state index is 11.2. The number of carbonyl (C=O) groups is 1. The minimum atomic E-state index is 0.425. The van der Waals surface area contributed by atoms with Crippen molar-refractivity contribution in [2.24, 2.45) is 5.92 Å². The molecule has 2 heteroatoms. The van der Waals surface area contributed by atoms with Crippen molar-refractivity contribution >= 4 is 5.78 Å². The monoisotopic (exact) mass is 355 g/mol. The van der Waals surface area contributed by atoms with Crippen LogP contribution in [0.5, 0.6) is 0 Å². The Hall–Kier alpha value is -0.370. The Morgan fingerprint density at radius 3 is 1.64 bits per heavy atom. The number of Topliss-reactive ketones (excluding diaryl/α,β-unsaturated/α-hetero) is 1.